The average Bonchev–Trinajstić information content (AvgIpc) is 3.08. The Bertz CT molecular complexity index is 368. The fourth-order valence-corrected chi connectivity index (χ4v) is 2.13. The molecular weight excluding hydrogens is 242 g/mol. The smallest absolute Gasteiger partial charge is 0.135 e. The monoisotopic (exact) mass is 257 g/mol. The van der Waals surface area contributed by atoms with Gasteiger partial charge in [-0.3, -0.25) is 0 Å². The molecule has 0 amide bonds. The van der Waals surface area contributed by atoms with Gasteiger partial charge in [0.2, 0.25) is 0 Å². The lowest BCUT2D eigenvalue weighted by Gasteiger charge is -2.18. The molecule has 0 atom stereocenters. The van der Waals surface area contributed by atoms with Crippen molar-refractivity contribution in [2.45, 2.75) is 18.8 Å². The highest BCUT2D eigenvalue weighted by atomic mass is 35.5. The third-order valence-corrected chi connectivity index (χ3v) is 3.45. The summed E-state index contributed by atoms with van der Waals surface area (Å²) in [5, 5.41) is 0.558. The summed E-state index contributed by atoms with van der Waals surface area (Å²) in [6, 6.07) is 1.84. The van der Waals surface area contributed by atoms with Crippen LogP contribution < -0.4 is 4.90 Å². The second-order valence-electron chi connectivity index (χ2n) is 4.10. The molecule has 0 bridgehead atoms. The van der Waals surface area contributed by atoms with Crippen molar-refractivity contribution in [1.82, 2.24) is 9.97 Å². The fraction of sp³-hybridized carbons (Fsp3) is 0.636. The van der Waals surface area contributed by atoms with Crippen molar-refractivity contribution in [2.24, 2.45) is 0 Å². The Hall–Kier alpha value is -0.480. The van der Waals surface area contributed by atoms with Crippen molar-refractivity contribution in [3.8, 4) is 0 Å². The van der Waals surface area contributed by atoms with Crippen LogP contribution in [0.15, 0.2) is 6.07 Å². The van der Waals surface area contributed by atoms with Crippen LogP contribution in [0, 0.1) is 0 Å². The maximum absolute atomic E-state index is 6.02. The highest BCUT2D eigenvalue weighted by molar-refractivity contribution is 7.98. The molecule has 1 aliphatic rings. The van der Waals surface area contributed by atoms with E-state index >= 15 is 0 Å². The van der Waals surface area contributed by atoms with Gasteiger partial charge in [-0.1, -0.05) is 11.6 Å². The third kappa shape index (κ3) is 3.01. The molecule has 0 unspecified atom stereocenters. The maximum atomic E-state index is 6.02. The van der Waals surface area contributed by atoms with Gasteiger partial charge in [0.05, 0.1) is 0 Å². The molecular formula is C11H16ClN3S. The summed E-state index contributed by atoms with van der Waals surface area (Å²) in [5.74, 6) is 3.50. The second-order valence-corrected chi connectivity index (χ2v) is 5.47. The van der Waals surface area contributed by atoms with Gasteiger partial charge in [-0.05, 0) is 19.1 Å². The molecule has 0 N–H and O–H groups in total. The topological polar surface area (TPSA) is 29.0 Å². The zero-order valence-electron chi connectivity index (χ0n) is 9.61. The van der Waals surface area contributed by atoms with Gasteiger partial charge in [-0.25, -0.2) is 9.97 Å². The Morgan fingerprint density at radius 2 is 2.25 bits per heavy atom. The molecule has 0 aromatic carbocycles. The van der Waals surface area contributed by atoms with Crippen LogP contribution in [-0.4, -0.2) is 35.6 Å². The summed E-state index contributed by atoms with van der Waals surface area (Å²) < 4.78 is 0. The molecule has 1 heterocycles. The Kier molecular flexibility index (Phi) is 3.92. The predicted molar refractivity (Wildman–Crippen MR) is 70.7 cm³/mol. The Morgan fingerprint density at radius 1 is 1.50 bits per heavy atom. The van der Waals surface area contributed by atoms with Crippen molar-refractivity contribution >= 4 is 29.2 Å². The number of hydrogen-bond acceptors (Lipinski definition) is 4. The van der Waals surface area contributed by atoms with E-state index in [4.69, 9.17) is 11.6 Å². The number of thioether (sulfide) groups is 1. The number of halogens is 1. The van der Waals surface area contributed by atoms with Gasteiger partial charge in [0.15, 0.2) is 0 Å². The molecule has 16 heavy (non-hydrogen) atoms. The van der Waals surface area contributed by atoms with Crippen LogP contribution >= 0.6 is 23.4 Å². The third-order valence-electron chi connectivity index (χ3n) is 2.66. The normalized spacial score (nSPS) is 15.2. The number of nitrogens with zero attached hydrogens (tertiary/aromatic N) is 3. The first-order chi connectivity index (χ1) is 7.70. The minimum absolute atomic E-state index is 0.548. The predicted octanol–water partition coefficient (Wildman–Crippen LogP) is 2.81. The van der Waals surface area contributed by atoms with E-state index < -0.39 is 0 Å². The molecule has 3 nitrogen and oxygen atoms in total. The first-order valence-corrected chi connectivity index (χ1v) is 7.22. The molecule has 0 spiro atoms. The molecule has 5 heteroatoms. The zero-order valence-corrected chi connectivity index (χ0v) is 11.2. The van der Waals surface area contributed by atoms with Crippen molar-refractivity contribution < 1.29 is 0 Å². The SMILES string of the molecule is CSCCN(C)c1cc(Cl)nc(C2CC2)n1. The van der Waals surface area contributed by atoms with E-state index in [1.54, 1.807) is 0 Å². The van der Waals surface area contributed by atoms with E-state index in [9.17, 15) is 0 Å². The van der Waals surface area contributed by atoms with Gasteiger partial charge >= 0.3 is 0 Å². The van der Waals surface area contributed by atoms with E-state index in [0.29, 0.717) is 11.1 Å². The Labute approximate surface area is 106 Å². The van der Waals surface area contributed by atoms with Gasteiger partial charge in [0.25, 0.3) is 0 Å². The van der Waals surface area contributed by atoms with E-state index in [1.807, 2.05) is 24.9 Å². The summed E-state index contributed by atoms with van der Waals surface area (Å²) in [7, 11) is 2.05. The van der Waals surface area contributed by atoms with Gasteiger partial charge in [0, 0.05) is 31.3 Å². The van der Waals surface area contributed by atoms with Crippen LogP contribution in [0.2, 0.25) is 5.15 Å². The number of rotatable bonds is 5. The van der Waals surface area contributed by atoms with Crippen LogP contribution in [0.25, 0.3) is 0 Å². The van der Waals surface area contributed by atoms with Gasteiger partial charge < -0.3 is 4.90 Å². The van der Waals surface area contributed by atoms with Gasteiger partial charge in [0.1, 0.15) is 16.8 Å². The standard InChI is InChI=1S/C11H16ClN3S/c1-15(5-6-16-2)10-7-9(12)13-11(14-10)8-3-4-8/h7-8H,3-6H2,1-2H3. The lowest BCUT2D eigenvalue weighted by Crippen LogP contribution is -2.22. The second kappa shape index (κ2) is 5.23. The minimum Gasteiger partial charge on any atom is -0.359 e. The van der Waals surface area contributed by atoms with Crippen molar-refractivity contribution in [3.05, 3.63) is 17.0 Å². The van der Waals surface area contributed by atoms with Crippen LogP contribution in [-0.2, 0) is 0 Å². The Balaban J connectivity index is 2.12. The van der Waals surface area contributed by atoms with E-state index in [-0.39, 0.29) is 0 Å². The molecule has 0 aliphatic heterocycles. The highest BCUT2D eigenvalue weighted by Crippen LogP contribution is 2.38. The van der Waals surface area contributed by atoms with Crippen molar-refractivity contribution in [3.63, 3.8) is 0 Å². The van der Waals surface area contributed by atoms with E-state index in [0.717, 1.165) is 23.9 Å². The Morgan fingerprint density at radius 3 is 2.88 bits per heavy atom. The molecule has 0 saturated heterocycles. The lowest BCUT2D eigenvalue weighted by atomic mass is 10.4. The number of aromatic nitrogens is 2. The average molecular weight is 258 g/mol. The molecule has 1 aliphatic carbocycles. The van der Waals surface area contributed by atoms with Crippen molar-refractivity contribution in [2.75, 3.05) is 30.5 Å². The summed E-state index contributed by atoms with van der Waals surface area (Å²) >= 11 is 7.85. The summed E-state index contributed by atoms with van der Waals surface area (Å²) in [4.78, 5) is 11.0. The van der Waals surface area contributed by atoms with E-state index in [1.165, 1.54) is 12.8 Å². The number of anilines is 1. The quantitative estimate of drug-likeness (QED) is 0.759. The molecule has 88 valence electrons. The molecule has 0 radical (unpaired) electrons. The minimum atomic E-state index is 0.548. The zero-order chi connectivity index (χ0) is 11.5. The first kappa shape index (κ1) is 12.0. The fourth-order valence-electron chi connectivity index (χ4n) is 1.49. The van der Waals surface area contributed by atoms with Crippen molar-refractivity contribution in [1.29, 1.82) is 0 Å². The first-order valence-electron chi connectivity index (χ1n) is 5.45. The largest absolute Gasteiger partial charge is 0.359 e. The molecule has 1 aromatic heterocycles. The summed E-state index contributed by atoms with van der Waals surface area (Å²) in [6.07, 6.45) is 4.51. The number of hydrogen-bond donors (Lipinski definition) is 0. The van der Waals surface area contributed by atoms with Crippen LogP contribution in [0.1, 0.15) is 24.6 Å². The van der Waals surface area contributed by atoms with Crippen LogP contribution in [0.5, 0.6) is 0 Å². The summed E-state index contributed by atoms with van der Waals surface area (Å²) in [6.45, 7) is 0.985. The van der Waals surface area contributed by atoms with E-state index in [2.05, 4.69) is 21.1 Å². The van der Waals surface area contributed by atoms with Gasteiger partial charge in [-0.15, -0.1) is 0 Å². The van der Waals surface area contributed by atoms with Crippen LogP contribution in [0.3, 0.4) is 0 Å². The lowest BCUT2D eigenvalue weighted by molar-refractivity contribution is 0.877. The molecule has 1 aromatic rings. The summed E-state index contributed by atoms with van der Waals surface area (Å²) in [5.41, 5.74) is 0. The highest BCUT2D eigenvalue weighted by Gasteiger charge is 2.27. The molecule has 2 rings (SSSR count). The maximum Gasteiger partial charge on any atom is 0.135 e. The van der Waals surface area contributed by atoms with Crippen LogP contribution in [0.4, 0.5) is 5.82 Å². The molecule has 1 saturated carbocycles. The van der Waals surface area contributed by atoms with Gasteiger partial charge in [-0.2, -0.15) is 11.8 Å². The molecule has 1 fully saturated rings.